The van der Waals surface area contributed by atoms with E-state index in [9.17, 15) is 0 Å². The Hall–Kier alpha value is -1.03. The quantitative estimate of drug-likeness (QED) is 0.661. The van der Waals surface area contributed by atoms with Crippen LogP contribution in [0.25, 0.3) is 0 Å². The van der Waals surface area contributed by atoms with Crippen LogP contribution >= 0.6 is 15.9 Å². The third-order valence-electron chi connectivity index (χ3n) is 2.60. The van der Waals surface area contributed by atoms with Crippen LogP contribution in [0.5, 0.6) is 0 Å². The van der Waals surface area contributed by atoms with E-state index in [2.05, 4.69) is 45.3 Å². The predicted molar refractivity (Wildman–Crippen MR) is 70.3 cm³/mol. The summed E-state index contributed by atoms with van der Waals surface area (Å²) in [7, 11) is 0. The van der Waals surface area contributed by atoms with Crippen LogP contribution in [-0.2, 0) is 0 Å². The topological polar surface area (TPSA) is 50.4 Å². The van der Waals surface area contributed by atoms with Crippen molar-refractivity contribution in [2.75, 3.05) is 0 Å². The zero-order valence-electron chi connectivity index (χ0n) is 9.28. The predicted octanol–water partition coefficient (Wildman–Crippen LogP) is 2.58. The molecule has 1 aromatic rings. The van der Waals surface area contributed by atoms with E-state index < -0.39 is 0 Å². The highest BCUT2D eigenvalue weighted by Gasteiger charge is 2.20. The van der Waals surface area contributed by atoms with Crippen LogP contribution in [0.1, 0.15) is 31.4 Å². The summed E-state index contributed by atoms with van der Waals surface area (Å²) in [5.74, 6) is 0.554. The number of halogens is 1. The monoisotopic (exact) mass is 281 g/mol. The summed E-state index contributed by atoms with van der Waals surface area (Å²) in [6, 6.07) is 8.86. The van der Waals surface area contributed by atoms with Gasteiger partial charge in [-0.05, 0) is 37.5 Å². The zero-order valence-corrected chi connectivity index (χ0v) is 10.9. The highest BCUT2D eigenvalue weighted by atomic mass is 79.9. The van der Waals surface area contributed by atoms with E-state index in [-0.39, 0.29) is 6.04 Å². The molecular formula is C12H16BrN3. The van der Waals surface area contributed by atoms with Gasteiger partial charge < -0.3 is 11.1 Å². The molecule has 0 bridgehead atoms. The first-order chi connectivity index (χ1) is 7.65. The number of nitrogens with one attached hydrogen (secondary N) is 1. The second kappa shape index (κ2) is 4.87. The van der Waals surface area contributed by atoms with Gasteiger partial charge in [0.15, 0.2) is 5.96 Å². The summed E-state index contributed by atoms with van der Waals surface area (Å²) in [5.41, 5.74) is 7.02. The van der Waals surface area contributed by atoms with Gasteiger partial charge in [-0.2, -0.15) is 0 Å². The standard InChI is InChI=1S/C12H16BrN3/c1-8(9-2-4-10(13)5-3-9)15-12(14)16-11-6-7-11/h2-5,8,11H,6-7H2,1H3,(H3,14,15,16). The Labute approximate surface area is 104 Å². The van der Waals surface area contributed by atoms with Crippen LogP contribution in [0.15, 0.2) is 33.7 Å². The number of nitrogens with two attached hydrogens (primary N) is 1. The van der Waals surface area contributed by atoms with Crippen LogP contribution in [0.3, 0.4) is 0 Å². The van der Waals surface area contributed by atoms with Crippen molar-refractivity contribution in [1.29, 1.82) is 0 Å². The molecule has 1 atom stereocenters. The number of rotatable bonds is 3. The number of guanidine groups is 1. The van der Waals surface area contributed by atoms with E-state index in [1.807, 2.05) is 12.1 Å². The number of nitrogens with zero attached hydrogens (tertiary/aromatic N) is 1. The van der Waals surface area contributed by atoms with Crippen molar-refractivity contribution in [2.45, 2.75) is 31.8 Å². The van der Waals surface area contributed by atoms with Gasteiger partial charge in [0.2, 0.25) is 0 Å². The molecule has 3 nitrogen and oxygen atoms in total. The van der Waals surface area contributed by atoms with Crippen LogP contribution in [0, 0.1) is 0 Å². The maximum atomic E-state index is 5.81. The van der Waals surface area contributed by atoms with Gasteiger partial charge in [0, 0.05) is 4.47 Å². The first-order valence-corrected chi connectivity index (χ1v) is 6.30. The number of aliphatic imine (C=N–C) groups is 1. The fourth-order valence-electron chi connectivity index (χ4n) is 1.49. The highest BCUT2D eigenvalue weighted by Crippen LogP contribution is 2.23. The van der Waals surface area contributed by atoms with E-state index in [0.717, 1.165) is 4.47 Å². The highest BCUT2D eigenvalue weighted by molar-refractivity contribution is 9.10. The lowest BCUT2D eigenvalue weighted by Gasteiger charge is -2.14. The van der Waals surface area contributed by atoms with Crippen LogP contribution in [-0.4, -0.2) is 12.0 Å². The third kappa shape index (κ3) is 3.23. The molecule has 1 fully saturated rings. The second-order valence-electron chi connectivity index (χ2n) is 4.16. The van der Waals surface area contributed by atoms with Crippen molar-refractivity contribution in [3.8, 4) is 0 Å². The molecule has 0 aliphatic heterocycles. The minimum atomic E-state index is 0.190. The average Bonchev–Trinajstić information content (AvgIpc) is 3.02. The van der Waals surface area contributed by atoms with E-state index in [0.29, 0.717) is 12.0 Å². The Morgan fingerprint density at radius 3 is 2.62 bits per heavy atom. The van der Waals surface area contributed by atoms with Crippen LogP contribution < -0.4 is 11.1 Å². The van der Waals surface area contributed by atoms with Gasteiger partial charge in [-0.15, -0.1) is 0 Å². The largest absolute Gasteiger partial charge is 0.370 e. The van der Waals surface area contributed by atoms with Crippen molar-refractivity contribution >= 4 is 21.9 Å². The molecule has 0 radical (unpaired) electrons. The molecule has 86 valence electrons. The summed E-state index contributed by atoms with van der Waals surface area (Å²) < 4.78 is 1.09. The molecule has 1 aliphatic rings. The zero-order chi connectivity index (χ0) is 11.5. The molecule has 0 heterocycles. The van der Waals surface area contributed by atoms with Gasteiger partial charge in [0.05, 0.1) is 12.1 Å². The fourth-order valence-corrected chi connectivity index (χ4v) is 1.76. The van der Waals surface area contributed by atoms with E-state index >= 15 is 0 Å². The molecule has 3 N–H and O–H groups in total. The van der Waals surface area contributed by atoms with E-state index in [1.165, 1.54) is 18.4 Å². The summed E-state index contributed by atoms with van der Waals surface area (Å²) in [5, 5.41) is 3.20. The van der Waals surface area contributed by atoms with Crippen molar-refractivity contribution < 1.29 is 0 Å². The minimum Gasteiger partial charge on any atom is -0.370 e. The molecule has 0 spiro atoms. The Morgan fingerprint density at radius 1 is 1.44 bits per heavy atom. The lowest BCUT2D eigenvalue weighted by Crippen LogP contribution is -2.34. The lowest BCUT2D eigenvalue weighted by molar-refractivity contribution is 0.707. The van der Waals surface area contributed by atoms with Gasteiger partial charge in [-0.1, -0.05) is 28.1 Å². The maximum Gasteiger partial charge on any atom is 0.189 e. The fraction of sp³-hybridized carbons (Fsp3) is 0.417. The van der Waals surface area contributed by atoms with Gasteiger partial charge >= 0.3 is 0 Å². The Kier molecular flexibility index (Phi) is 3.49. The van der Waals surface area contributed by atoms with Crippen molar-refractivity contribution in [2.24, 2.45) is 10.7 Å². The molecule has 1 saturated carbocycles. The second-order valence-corrected chi connectivity index (χ2v) is 5.08. The van der Waals surface area contributed by atoms with Gasteiger partial charge in [0.1, 0.15) is 0 Å². The number of hydrogen-bond donors (Lipinski definition) is 2. The van der Waals surface area contributed by atoms with Gasteiger partial charge in [0.25, 0.3) is 0 Å². The SMILES string of the molecule is CC(NC(N)=NC1CC1)c1ccc(Br)cc1. The Balaban J connectivity index is 1.96. The molecular weight excluding hydrogens is 266 g/mol. The maximum absolute atomic E-state index is 5.81. The van der Waals surface area contributed by atoms with E-state index in [1.54, 1.807) is 0 Å². The Morgan fingerprint density at radius 2 is 2.06 bits per heavy atom. The number of hydrogen-bond acceptors (Lipinski definition) is 1. The first kappa shape index (κ1) is 11.5. The first-order valence-electron chi connectivity index (χ1n) is 5.50. The van der Waals surface area contributed by atoms with Crippen molar-refractivity contribution in [3.63, 3.8) is 0 Å². The van der Waals surface area contributed by atoms with Crippen LogP contribution in [0.2, 0.25) is 0 Å². The van der Waals surface area contributed by atoms with Gasteiger partial charge in [-0.3, -0.25) is 4.99 Å². The molecule has 0 aromatic heterocycles. The molecule has 0 saturated heterocycles. The smallest absolute Gasteiger partial charge is 0.189 e. The lowest BCUT2D eigenvalue weighted by atomic mass is 10.1. The molecule has 1 unspecified atom stereocenters. The summed E-state index contributed by atoms with van der Waals surface area (Å²) in [6.07, 6.45) is 2.35. The number of benzene rings is 1. The third-order valence-corrected chi connectivity index (χ3v) is 3.13. The molecule has 1 aliphatic carbocycles. The molecule has 16 heavy (non-hydrogen) atoms. The average molecular weight is 282 g/mol. The summed E-state index contributed by atoms with van der Waals surface area (Å²) in [6.45, 7) is 2.08. The summed E-state index contributed by atoms with van der Waals surface area (Å²) >= 11 is 3.42. The molecule has 1 aromatic carbocycles. The Bertz CT molecular complexity index is 382. The minimum absolute atomic E-state index is 0.190. The van der Waals surface area contributed by atoms with Crippen LogP contribution in [0.4, 0.5) is 0 Å². The molecule has 4 heteroatoms. The van der Waals surface area contributed by atoms with E-state index in [4.69, 9.17) is 5.73 Å². The van der Waals surface area contributed by atoms with Gasteiger partial charge in [-0.25, -0.2) is 0 Å². The normalized spacial score (nSPS) is 18.2. The molecule has 2 rings (SSSR count). The summed E-state index contributed by atoms with van der Waals surface area (Å²) in [4.78, 5) is 4.35. The van der Waals surface area contributed by atoms with Crippen molar-refractivity contribution in [1.82, 2.24) is 5.32 Å². The van der Waals surface area contributed by atoms with Crippen molar-refractivity contribution in [3.05, 3.63) is 34.3 Å². The molecule has 0 amide bonds.